The Morgan fingerprint density at radius 2 is 1.82 bits per heavy atom. The van der Waals surface area contributed by atoms with E-state index in [9.17, 15) is 4.39 Å². The minimum absolute atomic E-state index is 0. The highest BCUT2D eigenvalue weighted by Gasteiger charge is 2.14. The normalized spacial score (nSPS) is 13.1. The second-order valence-electron chi connectivity index (χ2n) is 7.62. The molecule has 2 unspecified atom stereocenters. The number of halogens is 2. The van der Waals surface area contributed by atoms with Crippen molar-refractivity contribution in [1.82, 2.24) is 25.4 Å². The lowest BCUT2D eigenvalue weighted by Gasteiger charge is -2.22. The summed E-state index contributed by atoms with van der Waals surface area (Å²) in [5.74, 6) is 2.11. The first-order chi connectivity index (χ1) is 15.5. The molecular formula is C24H32FIN6O. The second kappa shape index (κ2) is 13.1. The Balaban J connectivity index is 0.00000385. The van der Waals surface area contributed by atoms with Crippen molar-refractivity contribution in [2.24, 2.45) is 12.0 Å². The summed E-state index contributed by atoms with van der Waals surface area (Å²) in [5.41, 5.74) is 1.14. The summed E-state index contributed by atoms with van der Waals surface area (Å²) in [4.78, 5) is 4.71. The zero-order valence-corrected chi connectivity index (χ0v) is 21.8. The SMILES string of the molecule is CCC(CNC(=NCc1nnc(C)n1C)NC(C)c1ccccc1)Oc1ccccc1F.I. The molecule has 2 atom stereocenters. The molecule has 1 aromatic heterocycles. The van der Waals surface area contributed by atoms with E-state index in [-0.39, 0.29) is 47.7 Å². The van der Waals surface area contributed by atoms with Gasteiger partial charge in [-0.3, -0.25) is 0 Å². The van der Waals surface area contributed by atoms with E-state index in [4.69, 9.17) is 9.73 Å². The Morgan fingerprint density at radius 3 is 2.45 bits per heavy atom. The maximum atomic E-state index is 14.0. The number of benzene rings is 2. The maximum Gasteiger partial charge on any atom is 0.192 e. The van der Waals surface area contributed by atoms with Crippen LogP contribution in [0.3, 0.4) is 0 Å². The Morgan fingerprint density at radius 1 is 1.12 bits per heavy atom. The maximum absolute atomic E-state index is 14.0. The van der Waals surface area contributed by atoms with Crippen molar-refractivity contribution in [2.75, 3.05) is 6.54 Å². The number of aliphatic imine (C=N–C) groups is 1. The molecule has 0 saturated heterocycles. The first-order valence-corrected chi connectivity index (χ1v) is 10.8. The summed E-state index contributed by atoms with van der Waals surface area (Å²) in [5, 5.41) is 15.1. The van der Waals surface area contributed by atoms with E-state index in [1.54, 1.807) is 18.2 Å². The number of ether oxygens (including phenoxy) is 1. The van der Waals surface area contributed by atoms with Crippen LogP contribution in [0.25, 0.3) is 0 Å². The predicted molar refractivity (Wildman–Crippen MR) is 139 cm³/mol. The van der Waals surface area contributed by atoms with Gasteiger partial charge in [0.2, 0.25) is 0 Å². The second-order valence-corrected chi connectivity index (χ2v) is 7.62. The average molecular weight is 566 g/mol. The van der Waals surface area contributed by atoms with Crippen LogP contribution in [0.4, 0.5) is 4.39 Å². The molecule has 0 saturated carbocycles. The molecule has 178 valence electrons. The van der Waals surface area contributed by atoms with Crippen LogP contribution in [0.1, 0.15) is 43.5 Å². The zero-order chi connectivity index (χ0) is 22.9. The largest absolute Gasteiger partial charge is 0.486 e. The standard InChI is InChI=1S/C24H31FN6O.HI/c1-5-20(32-22-14-10-9-13-21(22)25)15-26-24(27-16-23-30-29-18(3)31(23)4)28-17(2)19-11-7-6-8-12-19;/h6-14,17,20H,5,15-16H2,1-4H3,(H2,26,27,28);1H. The molecule has 0 aliphatic rings. The van der Waals surface area contributed by atoms with Crippen molar-refractivity contribution in [2.45, 2.75) is 45.9 Å². The highest BCUT2D eigenvalue weighted by atomic mass is 127. The van der Waals surface area contributed by atoms with Gasteiger partial charge in [0, 0.05) is 7.05 Å². The highest BCUT2D eigenvalue weighted by molar-refractivity contribution is 14.0. The fourth-order valence-electron chi connectivity index (χ4n) is 3.12. The van der Waals surface area contributed by atoms with Crippen LogP contribution < -0.4 is 15.4 Å². The predicted octanol–water partition coefficient (Wildman–Crippen LogP) is 4.53. The van der Waals surface area contributed by atoms with Crippen LogP contribution in [0.5, 0.6) is 5.75 Å². The number of hydrogen-bond donors (Lipinski definition) is 2. The number of aryl methyl sites for hydroxylation is 1. The lowest BCUT2D eigenvalue weighted by Crippen LogP contribution is -2.43. The molecule has 0 amide bonds. The molecule has 3 rings (SSSR count). The van der Waals surface area contributed by atoms with Gasteiger partial charge in [0.15, 0.2) is 23.4 Å². The lowest BCUT2D eigenvalue weighted by molar-refractivity contribution is 0.191. The molecule has 9 heteroatoms. The summed E-state index contributed by atoms with van der Waals surface area (Å²) in [6, 6.07) is 16.6. The van der Waals surface area contributed by atoms with Crippen molar-refractivity contribution in [3.63, 3.8) is 0 Å². The Bertz CT molecular complexity index is 1030. The molecule has 2 N–H and O–H groups in total. The van der Waals surface area contributed by atoms with E-state index in [0.717, 1.165) is 17.2 Å². The highest BCUT2D eigenvalue weighted by Crippen LogP contribution is 2.18. The van der Waals surface area contributed by atoms with E-state index in [1.807, 2.05) is 43.7 Å². The smallest absolute Gasteiger partial charge is 0.192 e. The molecule has 0 aliphatic heterocycles. The van der Waals surface area contributed by atoms with Gasteiger partial charge in [0.25, 0.3) is 0 Å². The summed E-state index contributed by atoms with van der Waals surface area (Å²) >= 11 is 0. The third-order valence-corrected chi connectivity index (χ3v) is 5.30. The fourth-order valence-corrected chi connectivity index (χ4v) is 3.12. The van der Waals surface area contributed by atoms with E-state index < -0.39 is 0 Å². The topological polar surface area (TPSA) is 76.4 Å². The van der Waals surface area contributed by atoms with Crippen molar-refractivity contribution < 1.29 is 9.13 Å². The molecular weight excluding hydrogens is 534 g/mol. The van der Waals surface area contributed by atoms with E-state index in [0.29, 0.717) is 25.5 Å². The summed E-state index contributed by atoms with van der Waals surface area (Å²) < 4.78 is 21.8. The van der Waals surface area contributed by atoms with Crippen LogP contribution in [-0.2, 0) is 13.6 Å². The number of guanidine groups is 1. The van der Waals surface area contributed by atoms with Crippen LogP contribution in [0.15, 0.2) is 59.6 Å². The van der Waals surface area contributed by atoms with Gasteiger partial charge in [0.1, 0.15) is 18.5 Å². The molecule has 0 aliphatic carbocycles. The van der Waals surface area contributed by atoms with Crippen LogP contribution >= 0.6 is 24.0 Å². The number of nitrogens with zero attached hydrogens (tertiary/aromatic N) is 4. The quantitative estimate of drug-likeness (QED) is 0.226. The minimum atomic E-state index is -0.367. The van der Waals surface area contributed by atoms with Crippen LogP contribution in [0, 0.1) is 12.7 Å². The molecule has 3 aromatic rings. The molecule has 0 spiro atoms. The van der Waals surface area contributed by atoms with Crippen molar-refractivity contribution in [3.05, 3.63) is 77.6 Å². The first-order valence-electron chi connectivity index (χ1n) is 10.8. The molecule has 0 radical (unpaired) electrons. The summed E-state index contributed by atoms with van der Waals surface area (Å²) in [6.07, 6.45) is 0.494. The van der Waals surface area contributed by atoms with E-state index >= 15 is 0 Å². The average Bonchev–Trinajstić information content (AvgIpc) is 3.13. The van der Waals surface area contributed by atoms with Crippen molar-refractivity contribution >= 4 is 29.9 Å². The molecule has 33 heavy (non-hydrogen) atoms. The Labute approximate surface area is 211 Å². The lowest BCUT2D eigenvalue weighted by atomic mass is 10.1. The van der Waals surface area contributed by atoms with Gasteiger partial charge < -0.3 is 19.9 Å². The Kier molecular flexibility index (Phi) is 10.6. The van der Waals surface area contributed by atoms with Crippen molar-refractivity contribution in [1.29, 1.82) is 0 Å². The summed E-state index contributed by atoms with van der Waals surface area (Å²) in [6.45, 7) is 6.83. The monoisotopic (exact) mass is 566 g/mol. The zero-order valence-electron chi connectivity index (χ0n) is 19.5. The number of nitrogens with one attached hydrogen (secondary N) is 2. The number of aromatic nitrogens is 3. The van der Waals surface area contributed by atoms with Gasteiger partial charge >= 0.3 is 0 Å². The van der Waals surface area contributed by atoms with E-state index in [2.05, 4.69) is 39.9 Å². The first kappa shape index (κ1) is 26.6. The number of para-hydroxylation sites is 1. The Hall–Kier alpha value is -2.69. The van der Waals surface area contributed by atoms with Crippen LogP contribution in [-0.4, -0.2) is 33.4 Å². The molecule has 2 aromatic carbocycles. The van der Waals surface area contributed by atoms with Gasteiger partial charge in [-0.05, 0) is 38.0 Å². The fraction of sp³-hybridized carbons (Fsp3) is 0.375. The number of hydrogen-bond acceptors (Lipinski definition) is 4. The van der Waals surface area contributed by atoms with Gasteiger partial charge in [-0.1, -0.05) is 49.4 Å². The number of rotatable bonds is 9. The summed E-state index contributed by atoms with van der Waals surface area (Å²) in [7, 11) is 1.92. The van der Waals surface area contributed by atoms with Crippen LogP contribution in [0.2, 0.25) is 0 Å². The third kappa shape index (κ3) is 7.69. The minimum Gasteiger partial charge on any atom is -0.486 e. The molecule has 0 fully saturated rings. The molecule has 1 heterocycles. The van der Waals surface area contributed by atoms with Crippen molar-refractivity contribution in [3.8, 4) is 5.75 Å². The third-order valence-electron chi connectivity index (χ3n) is 5.30. The van der Waals surface area contributed by atoms with Gasteiger partial charge in [0.05, 0.1) is 12.6 Å². The van der Waals surface area contributed by atoms with E-state index in [1.165, 1.54) is 6.07 Å². The van der Waals surface area contributed by atoms with Gasteiger partial charge in [-0.25, -0.2) is 9.38 Å². The van der Waals surface area contributed by atoms with Gasteiger partial charge in [-0.2, -0.15) is 0 Å². The van der Waals surface area contributed by atoms with Gasteiger partial charge in [-0.15, -0.1) is 34.2 Å². The molecule has 7 nitrogen and oxygen atoms in total. The molecule has 0 bridgehead atoms.